The zero-order chi connectivity index (χ0) is 21.3. The molecule has 0 unspecified atom stereocenters. The summed E-state index contributed by atoms with van der Waals surface area (Å²) in [4.78, 5) is 42.2. The van der Waals surface area contributed by atoms with Gasteiger partial charge in [-0.2, -0.15) is 0 Å². The molecule has 4 rings (SSSR count). The van der Waals surface area contributed by atoms with Gasteiger partial charge in [0.15, 0.2) is 0 Å². The number of amides is 1. The van der Waals surface area contributed by atoms with E-state index in [0.717, 1.165) is 16.2 Å². The molecule has 1 amide bonds. The molecule has 0 saturated carbocycles. The molecule has 2 heterocycles. The van der Waals surface area contributed by atoms with Gasteiger partial charge in [0.1, 0.15) is 5.82 Å². The summed E-state index contributed by atoms with van der Waals surface area (Å²) in [6.07, 6.45) is 1.97. The topological polar surface area (TPSA) is 75.2 Å². The number of benzene rings is 2. The highest BCUT2D eigenvalue weighted by Gasteiger charge is 2.26. The van der Waals surface area contributed by atoms with E-state index in [9.17, 15) is 18.8 Å². The minimum absolute atomic E-state index is 0.0373. The molecule has 1 aliphatic rings. The smallest absolute Gasteiger partial charge is 0.329 e. The van der Waals surface area contributed by atoms with E-state index >= 15 is 0 Å². The van der Waals surface area contributed by atoms with Crippen LogP contribution in [0.1, 0.15) is 30.9 Å². The zero-order valence-electron chi connectivity index (χ0n) is 16.2. The number of nitrogens with one attached hydrogen (secondary N) is 1. The van der Waals surface area contributed by atoms with Gasteiger partial charge in [-0.25, -0.2) is 9.18 Å². The number of halogens is 2. The number of rotatable bonds is 4. The normalized spacial score (nSPS) is 14.9. The van der Waals surface area contributed by atoms with Crippen LogP contribution in [0.2, 0.25) is 5.02 Å². The minimum atomic E-state index is -0.529. The van der Waals surface area contributed by atoms with Gasteiger partial charge in [0, 0.05) is 30.6 Å². The largest absolute Gasteiger partial charge is 0.343 e. The van der Waals surface area contributed by atoms with Crippen LogP contribution in [0.5, 0.6) is 0 Å². The van der Waals surface area contributed by atoms with Crippen molar-refractivity contribution in [3.63, 3.8) is 0 Å². The van der Waals surface area contributed by atoms with Gasteiger partial charge < -0.3 is 9.88 Å². The molecule has 0 aliphatic carbocycles. The number of H-pyrrole nitrogens is 1. The van der Waals surface area contributed by atoms with Crippen molar-refractivity contribution in [3.05, 3.63) is 79.7 Å². The number of carbonyl (C=O) groups excluding carboxylic acids is 1. The molecule has 0 radical (unpaired) electrons. The summed E-state index contributed by atoms with van der Waals surface area (Å²) in [5.41, 5.74) is 0.312. The molecular formula is C22H21ClFN3O3. The first-order valence-corrected chi connectivity index (χ1v) is 10.3. The molecule has 8 heteroatoms. The van der Waals surface area contributed by atoms with Crippen molar-refractivity contribution in [3.8, 4) is 0 Å². The Bertz CT molecular complexity index is 1210. The van der Waals surface area contributed by atoms with E-state index in [1.165, 1.54) is 12.1 Å². The van der Waals surface area contributed by atoms with E-state index < -0.39 is 17.1 Å². The fourth-order valence-corrected chi connectivity index (χ4v) is 4.22. The van der Waals surface area contributed by atoms with E-state index in [1.807, 2.05) is 18.2 Å². The highest BCUT2D eigenvalue weighted by molar-refractivity contribution is 6.30. The van der Waals surface area contributed by atoms with Crippen molar-refractivity contribution in [2.75, 3.05) is 13.1 Å². The Morgan fingerprint density at radius 1 is 1.13 bits per heavy atom. The van der Waals surface area contributed by atoms with E-state index in [2.05, 4.69) is 4.98 Å². The van der Waals surface area contributed by atoms with Crippen LogP contribution in [-0.4, -0.2) is 33.4 Å². The number of hydrogen-bond acceptors (Lipinski definition) is 3. The molecule has 0 atom stereocenters. The van der Waals surface area contributed by atoms with Crippen molar-refractivity contribution in [1.29, 1.82) is 0 Å². The predicted molar refractivity (Wildman–Crippen MR) is 113 cm³/mol. The van der Waals surface area contributed by atoms with Crippen LogP contribution < -0.4 is 11.2 Å². The number of carbonyl (C=O) groups is 1. The maximum absolute atomic E-state index is 13.6. The summed E-state index contributed by atoms with van der Waals surface area (Å²) in [5.74, 6) is -0.492. The minimum Gasteiger partial charge on any atom is -0.343 e. The number of aromatic amines is 1. The Morgan fingerprint density at radius 3 is 2.63 bits per heavy atom. The second kappa shape index (κ2) is 8.44. The number of hydrogen-bond donors (Lipinski definition) is 1. The first-order chi connectivity index (χ1) is 14.4. The van der Waals surface area contributed by atoms with Gasteiger partial charge in [-0.1, -0.05) is 23.7 Å². The van der Waals surface area contributed by atoms with Crippen LogP contribution in [0.15, 0.2) is 52.1 Å². The monoisotopic (exact) mass is 429 g/mol. The molecule has 2 aromatic carbocycles. The van der Waals surface area contributed by atoms with Gasteiger partial charge in [-0.15, -0.1) is 0 Å². The lowest BCUT2D eigenvalue weighted by Crippen LogP contribution is -2.45. The predicted octanol–water partition coefficient (Wildman–Crippen LogP) is 3.28. The van der Waals surface area contributed by atoms with Crippen LogP contribution >= 0.6 is 11.6 Å². The number of piperidine rings is 1. The Morgan fingerprint density at radius 2 is 1.90 bits per heavy atom. The molecule has 30 heavy (non-hydrogen) atoms. The van der Waals surface area contributed by atoms with Crippen molar-refractivity contribution < 1.29 is 9.18 Å². The molecular weight excluding hydrogens is 409 g/mol. The van der Waals surface area contributed by atoms with Gasteiger partial charge in [-0.3, -0.25) is 14.2 Å². The van der Waals surface area contributed by atoms with E-state index in [1.54, 1.807) is 11.0 Å². The third-order valence-electron chi connectivity index (χ3n) is 5.59. The van der Waals surface area contributed by atoms with E-state index in [-0.39, 0.29) is 17.3 Å². The molecule has 1 saturated heterocycles. The lowest BCUT2D eigenvalue weighted by Gasteiger charge is -2.32. The Hall–Kier alpha value is -2.93. The fraction of sp³-hybridized carbons (Fsp3) is 0.318. The summed E-state index contributed by atoms with van der Waals surface area (Å²) in [7, 11) is 0. The zero-order valence-corrected chi connectivity index (χ0v) is 17.0. The number of fused-ring (bicyclic) bond motifs is 1. The molecule has 0 bridgehead atoms. The maximum Gasteiger partial charge on any atom is 0.329 e. The lowest BCUT2D eigenvalue weighted by atomic mass is 10.0. The number of aryl methyl sites for hydroxylation is 1. The van der Waals surface area contributed by atoms with Crippen LogP contribution in [-0.2, 0) is 11.2 Å². The number of aromatic nitrogens is 2. The summed E-state index contributed by atoms with van der Waals surface area (Å²) in [6, 6.07) is 10.8. The molecule has 0 spiro atoms. The Kier molecular flexibility index (Phi) is 5.72. The summed E-state index contributed by atoms with van der Waals surface area (Å²) < 4.78 is 14.7. The standard InChI is InChI=1S/C22H21ClFN3O3/c23-15-3-1-2-14(12-15)4-7-20(28)26-10-8-17(9-11-26)27-21(29)18-13-16(24)5-6-19(18)25-22(27)30/h1-3,5-6,12-13,17H,4,7-11H2,(H,25,30). The first kappa shape index (κ1) is 20.3. The Balaban J connectivity index is 1.44. The lowest BCUT2D eigenvalue weighted by molar-refractivity contribution is -0.132. The summed E-state index contributed by atoms with van der Waals surface area (Å²) in [5, 5.41) is 0.793. The second-order valence-electron chi connectivity index (χ2n) is 7.54. The Labute approximate surface area is 176 Å². The third kappa shape index (κ3) is 4.16. The molecule has 156 valence electrons. The van der Waals surface area contributed by atoms with Crippen molar-refractivity contribution in [2.24, 2.45) is 0 Å². The SMILES string of the molecule is O=C(CCc1cccc(Cl)c1)N1CCC(n2c(=O)[nH]c3ccc(F)cc3c2=O)CC1. The van der Waals surface area contributed by atoms with Crippen molar-refractivity contribution in [1.82, 2.24) is 14.5 Å². The summed E-state index contributed by atoms with van der Waals surface area (Å²) >= 11 is 5.98. The fourth-order valence-electron chi connectivity index (χ4n) is 4.01. The van der Waals surface area contributed by atoms with E-state index in [4.69, 9.17) is 11.6 Å². The van der Waals surface area contributed by atoms with Crippen LogP contribution in [0.25, 0.3) is 10.9 Å². The third-order valence-corrected chi connectivity index (χ3v) is 5.83. The molecule has 6 nitrogen and oxygen atoms in total. The average Bonchev–Trinajstić information content (AvgIpc) is 2.73. The molecule has 1 fully saturated rings. The second-order valence-corrected chi connectivity index (χ2v) is 7.97. The van der Waals surface area contributed by atoms with Crippen molar-refractivity contribution >= 4 is 28.4 Å². The van der Waals surface area contributed by atoms with E-state index in [0.29, 0.717) is 49.3 Å². The summed E-state index contributed by atoms with van der Waals surface area (Å²) in [6.45, 7) is 0.929. The van der Waals surface area contributed by atoms with Crippen LogP contribution in [0.4, 0.5) is 4.39 Å². The van der Waals surface area contributed by atoms with Gasteiger partial charge in [0.25, 0.3) is 5.56 Å². The van der Waals surface area contributed by atoms with Gasteiger partial charge in [0.2, 0.25) is 5.91 Å². The van der Waals surface area contributed by atoms with Gasteiger partial charge >= 0.3 is 5.69 Å². The molecule has 1 N–H and O–H groups in total. The maximum atomic E-state index is 13.6. The first-order valence-electron chi connectivity index (χ1n) is 9.88. The van der Waals surface area contributed by atoms with Gasteiger partial charge in [-0.05, 0) is 55.2 Å². The van der Waals surface area contributed by atoms with Crippen molar-refractivity contribution in [2.45, 2.75) is 31.7 Å². The highest BCUT2D eigenvalue weighted by atomic mass is 35.5. The van der Waals surface area contributed by atoms with Crippen LogP contribution in [0, 0.1) is 5.82 Å². The number of likely N-dealkylation sites (tertiary alicyclic amines) is 1. The quantitative estimate of drug-likeness (QED) is 0.691. The average molecular weight is 430 g/mol. The molecule has 1 aliphatic heterocycles. The number of nitrogens with zero attached hydrogens (tertiary/aromatic N) is 2. The molecule has 3 aromatic rings. The van der Waals surface area contributed by atoms with Gasteiger partial charge in [0.05, 0.1) is 10.9 Å². The highest BCUT2D eigenvalue weighted by Crippen LogP contribution is 2.22. The van der Waals surface area contributed by atoms with Crippen LogP contribution in [0.3, 0.4) is 0 Å². The molecule has 1 aromatic heterocycles.